The van der Waals surface area contributed by atoms with Crippen LogP contribution in [0.25, 0.3) is 0 Å². The van der Waals surface area contributed by atoms with Crippen molar-refractivity contribution in [2.45, 2.75) is 89.7 Å². The summed E-state index contributed by atoms with van der Waals surface area (Å²) in [5.74, 6) is -0.829. The van der Waals surface area contributed by atoms with Crippen molar-refractivity contribution < 1.29 is 44.9 Å². The van der Waals surface area contributed by atoms with E-state index in [0.29, 0.717) is 5.75 Å². The Morgan fingerprint density at radius 3 is 1.96 bits per heavy atom. The van der Waals surface area contributed by atoms with Crippen LogP contribution in [0.3, 0.4) is 0 Å². The van der Waals surface area contributed by atoms with Crippen LogP contribution in [0.1, 0.15) is 51.7 Å². The second-order valence-electron chi connectivity index (χ2n) is 11.6. The van der Waals surface area contributed by atoms with E-state index in [0.717, 1.165) is 16.7 Å². The zero-order valence-electron chi connectivity index (χ0n) is 27.3. The van der Waals surface area contributed by atoms with Crippen LogP contribution in [0, 0.1) is 5.92 Å². The van der Waals surface area contributed by atoms with Gasteiger partial charge in [-0.3, -0.25) is 4.79 Å². The number of hydrogen-bond acceptors (Lipinski definition) is 9. The van der Waals surface area contributed by atoms with Crippen LogP contribution in [0.4, 0.5) is 0 Å². The van der Waals surface area contributed by atoms with Gasteiger partial charge in [-0.15, -0.1) is 0 Å². The number of rotatable bonds is 16. The number of aliphatic hydroxyl groups is 2. The molecule has 1 heterocycles. The van der Waals surface area contributed by atoms with Crippen LogP contribution in [0.5, 0.6) is 5.75 Å². The van der Waals surface area contributed by atoms with Gasteiger partial charge in [-0.1, -0.05) is 86.6 Å². The molecule has 1 fully saturated rings. The molecule has 1 aliphatic rings. The van der Waals surface area contributed by atoms with Crippen LogP contribution < -0.4 is 4.74 Å². The highest BCUT2D eigenvalue weighted by molar-refractivity contribution is 5.88. The number of aliphatic hydroxyl groups excluding tert-OH is 1. The van der Waals surface area contributed by atoms with Gasteiger partial charge >= 0.3 is 0 Å². The molecule has 0 aliphatic carbocycles. The molecule has 1 saturated heterocycles. The van der Waals surface area contributed by atoms with Gasteiger partial charge in [0.1, 0.15) is 41.5 Å². The number of carbonyl (C=O) groups excluding carboxylic acids is 2. The van der Waals surface area contributed by atoms with E-state index >= 15 is 0 Å². The van der Waals surface area contributed by atoms with Crippen molar-refractivity contribution in [3.05, 3.63) is 102 Å². The molecule has 9 nitrogen and oxygen atoms in total. The fourth-order valence-electron chi connectivity index (χ4n) is 5.44. The van der Waals surface area contributed by atoms with Gasteiger partial charge < -0.3 is 38.7 Å². The quantitative estimate of drug-likeness (QED) is 0.233. The van der Waals surface area contributed by atoms with Crippen molar-refractivity contribution >= 4 is 11.6 Å². The fourth-order valence-corrected chi connectivity index (χ4v) is 5.44. The summed E-state index contributed by atoms with van der Waals surface area (Å²) in [6, 6.07) is 25.8. The van der Waals surface area contributed by atoms with Gasteiger partial charge in [-0.05, 0) is 41.7 Å². The lowest BCUT2D eigenvalue weighted by atomic mass is 9.76. The van der Waals surface area contributed by atoms with E-state index in [1.165, 1.54) is 6.92 Å². The number of ketones is 2. The lowest BCUT2D eigenvalue weighted by molar-refractivity contribution is -0.372. The largest absolute Gasteiger partial charge is 0.497 e. The maximum absolute atomic E-state index is 13.2. The third-order valence-electron chi connectivity index (χ3n) is 8.04. The summed E-state index contributed by atoms with van der Waals surface area (Å²) in [6.07, 6.45) is -8.88. The molecule has 45 heavy (non-hydrogen) atoms. The van der Waals surface area contributed by atoms with E-state index in [1.807, 2.05) is 72.8 Å². The van der Waals surface area contributed by atoms with Gasteiger partial charge in [0.25, 0.3) is 0 Å². The normalized spacial score (nSPS) is 25.8. The molecule has 6 atom stereocenters. The highest BCUT2D eigenvalue weighted by Crippen LogP contribution is 2.43. The molecular formula is C36H44O9. The van der Waals surface area contributed by atoms with E-state index in [-0.39, 0.29) is 38.4 Å². The van der Waals surface area contributed by atoms with Gasteiger partial charge in [0.15, 0.2) is 12.0 Å². The molecule has 3 aromatic carbocycles. The predicted molar refractivity (Wildman–Crippen MR) is 167 cm³/mol. The smallest absolute Gasteiger partial charge is 0.187 e. The molecular weight excluding hydrogens is 576 g/mol. The molecule has 0 saturated carbocycles. The molecule has 9 heteroatoms. The van der Waals surface area contributed by atoms with E-state index in [9.17, 15) is 21.2 Å². The molecule has 1 unspecified atom stereocenters. The predicted octanol–water partition coefficient (Wildman–Crippen LogP) is 4.79. The second-order valence-corrected chi connectivity index (χ2v) is 11.6. The average molecular weight is 622 g/mol. The van der Waals surface area contributed by atoms with Crippen molar-refractivity contribution in [1.82, 2.24) is 0 Å². The van der Waals surface area contributed by atoms with Crippen molar-refractivity contribution in [1.29, 1.82) is 0 Å². The van der Waals surface area contributed by atoms with Crippen LogP contribution >= 0.6 is 0 Å². The third-order valence-corrected chi connectivity index (χ3v) is 8.04. The van der Waals surface area contributed by atoms with E-state index < -0.39 is 48.0 Å². The minimum atomic E-state index is -2.81. The highest BCUT2D eigenvalue weighted by Gasteiger charge is 2.61. The van der Waals surface area contributed by atoms with E-state index in [1.54, 1.807) is 33.1 Å². The Hall–Kier alpha value is -3.44. The first-order chi connectivity index (χ1) is 22.0. The molecule has 4 rings (SSSR count). The number of carbonyl (C=O) groups is 2. The molecule has 2 N–H and O–H groups in total. The van der Waals surface area contributed by atoms with Crippen molar-refractivity contribution in [3.63, 3.8) is 0 Å². The number of benzene rings is 3. The molecule has 0 amide bonds. The monoisotopic (exact) mass is 621 g/mol. The zero-order valence-corrected chi connectivity index (χ0v) is 26.3. The summed E-state index contributed by atoms with van der Waals surface area (Å²) in [4.78, 5) is 24.8. The zero-order chi connectivity index (χ0) is 33.3. The summed E-state index contributed by atoms with van der Waals surface area (Å²) in [5, 5.41) is 23.2. The molecule has 242 valence electrons. The summed E-state index contributed by atoms with van der Waals surface area (Å²) in [5.41, 5.74) is 0.483. The maximum atomic E-state index is 13.2. The summed E-state index contributed by atoms with van der Waals surface area (Å²) < 4.78 is 40.0. The van der Waals surface area contributed by atoms with Crippen LogP contribution in [-0.4, -0.2) is 65.2 Å². The minimum Gasteiger partial charge on any atom is -0.497 e. The standard InChI is InChI=1S/C36H44O9/c1-24(2)36(44-23-28-16-18-29(41-4)19-17-28)34(43-22-27-13-9-6-10-14-27)33(42-21-26-11-7-5-8-12-26)32(45-35(36)40)31(39)30(38)20-15-25(3)37/h5-14,16-19,24,31-35,39-40H,15,20-23H2,1-4H3/t31?,32-,33+,34+,35-,36-/m1/s1/i35D. The SMILES string of the molecule is [2H][C@@]1(O)O[C@H](C(O)C(=O)CCC(C)=O)[C@H](OCc2ccccc2)[C@H](OCc2ccccc2)[C@]1(OCc1ccc(OC)cc1)C(C)C. The van der Waals surface area contributed by atoms with Gasteiger partial charge in [0.2, 0.25) is 0 Å². The van der Waals surface area contributed by atoms with Crippen molar-refractivity contribution in [2.24, 2.45) is 5.92 Å². The first-order valence-corrected chi connectivity index (χ1v) is 15.2. The van der Waals surface area contributed by atoms with Crippen LogP contribution in [-0.2, 0) is 48.4 Å². The molecule has 0 aromatic heterocycles. The Labute approximate surface area is 266 Å². The van der Waals surface area contributed by atoms with Crippen LogP contribution in [0.2, 0.25) is 0 Å². The lowest BCUT2D eigenvalue weighted by Crippen LogP contribution is -2.72. The van der Waals surface area contributed by atoms with Gasteiger partial charge in [0.05, 0.1) is 28.3 Å². The Kier molecular flexibility index (Phi) is 11.9. The molecule has 0 radical (unpaired) electrons. The highest BCUT2D eigenvalue weighted by atomic mass is 16.7. The van der Waals surface area contributed by atoms with Crippen molar-refractivity contribution in [2.75, 3.05) is 7.11 Å². The molecule has 0 bridgehead atoms. The second kappa shape index (κ2) is 16.2. The first kappa shape index (κ1) is 32.9. The third kappa shape index (κ3) is 8.64. The lowest BCUT2D eigenvalue weighted by Gasteiger charge is -2.54. The number of ether oxygens (including phenoxy) is 5. The number of hydrogen-bond donors (Lipinski definition) is 2. The Morgan fingerprint density at radius 2 is 1.42 bits per heavy atom. The average Bonchev–Trinajstić information content (AvgIpc) is 3.05. The molecule has 1 aliphatic heterocycles. The van der Waals surface area contributed by atoms with Gasteiger partial charge in [-0.25, -0.2) is 0 Å². The topological polar surface area (TPSA) is 121 Å². The van der Waals surface area contributed by atoms with Crippen LogP contribution in [0.15, 0.2) is 84.9 Å². The summed E-state index contributed by atoms with van der Waals surface area (Å²) >= 11 is 0. The minimum absolute atomic E-state index is 0.0336. The summed E-state index contributed by atoms with van der Waals surface area (Å²) in [6.45, 7) is 4.98. The van der Waals surface area contributed by atoms with E-state index in [4.69, 9.17) is 23.7 Å². The van der Waals surface area contributed by atoms with E-state index in [2.05, 4.69) is 0 Å². The molecule has 3 aromatic rings. The number of Topliss-reactive ketones (excluding diaryl/α,β-unsaturated/α-hetero) is 2. The van der Waals surface area contributed by atoms with Gasteiger partial charge in [0, 0.05) is 12.8 Å². The van der Waals surface area contributed by atoms with Gasteiger partial charge in [-0.2, -0.15) is 0 Å². The maximum Gasteiger partial charge on any atom is 0.187 e. The summed E-state index contributed by atoms with van der Waals surface area (Å²) in [7, 11) is 1.57. The number of methoxy groups -OCH3 is 1. The Morgan fingerprint density at radius 1 is 0.867 bits per heavy atom. The Balaban J connectivity index is 1.78. The van der Waals surface area contributed by atoms with Crippen molar-refractivity contribution in [3.8, 4) is 5.75 Å². The molecule has 0 spiro atoms. The Bertz CT molecular complexity index is 1400. The fraction of sp³-hybridized carbons (Fsp3) is 0.444. The first-order valence-electron chi connectivity index (χ1n) is 15.7.